The van der Waals surface area contributed by atoms with Crippen molar-refractivity contribution in [2.24, 2.45) is 0 Å². The lowest BCUT2D eigenvalue weighted by Crippen LogP contribution is -2.69. The van der Waals surface area contributed by atoms with Crippen LogP contribution in [0.15, 0.2) is 71.8 Å². The smallest absolute Gasteiger partial charge is 0.303 e. The standard InChI is InChI=1S/C24H27ClO4Si/c1-16(26)27-21-19(25)15-20-22(28-20)23(21)29-30(24(2,3)4,17-11-7-5-8-12-17)18-13-9-6-10-14-18/h5-15,20-23H,1-4H3/t20-,21+,22-,23+/m0/s1. The Kier molecular flexibility index (Phi) is 5.66. The molecule has 0 bridgehead atoms. The van der Waals surface area contributed by atoms with Crippen molar-refractivity contribution in [2.45, 2.75) is 57.1 Å². The number of halogens is 1. The van der Waals surface area contributed by atoms with E-state index in [-0.39, 0.29) is 23.2 Å². The minimum Gasteiger partial charge on any atom is -0.454 e. The largest absolute Gasteiger partial charge is 0.454 e. The fraction of sp³-hybridized carbons (Fsp3) is 0.375. The Morgan fingerprint density at radius 1 is 1.00 bits per heavy atom. The van der Waals surface area contributed by atoms with E-state index in [1.807, 2.05) is 42.5 Å². The van der Waals surface area contributed by atoms with Gasteiger partial charge in [-0.15, -0.1) is 0 Å². The molecule has 4 atom stereocenters. The molecule has 158 valence electrons. The van der Waals surface area contributed by atoms with Crippen molar-refractivity contribution in [3.63, 3.8) is 0 Å². The third-order valence-corrected chi connectivity index (χ3v) is 11.2. The summed E-state index contributed by atoms with van der Waals surface area (Å²) in [6.07, 6.45) is 0.425. The summed E-state index contributed by atoms with van der Waals surface area (Å²) >= 11 is 6.52. The third kappa shape index (κ3) is 3.76. The van der Waals surface area contributed by atoms with E-state index < -0.39 is 20.5 Å². The van der Waals surface area contributed by atoms with Gasteiger partial charge in [0.2, 0.25) is 0 Å². The van der Waals surface area contributed by atoms with Gasteiger partial charge < -0.3 is 13.9 Å². The Morgan fingerprint density at radius 2 is 1.53 bits per heavy atom. The van der Waals surface area contributed by atoms with E-state index >= 15 is 0 Å². The Balaban J connectivity index is 1.86. The topological polar surface area (TPSA) is 48.1 Å². The molecule has 30 heavy (non-hydrogen) atoms. The first-order chi connectivity index (χ1) is 14.2. The molecule has 1 aliphatic heterocycles. The summed E-state index contributed by atoms with van der Waals surface area (Å²) in [5.74, 6) is -0.387. The second kappa shape index (κ2) is 7.97. The van der Waals surface area contributed by atoms with Gasteiger partial charge in [0.05, 0.1) is 5.03 Å². The number of carbonyl (C=O) groups excluding carboxylic acids is 1. The molecular weight excluding hydrogens is 416 g/mol. The van der Waals surface area contributed by atoms with Crippen LogP contribution in [-0.4, -0.2) is 38.7 Å². The summed E-state index contributed by atoms with van der Waals surface area (Å²) in [6.45, 7) is 8.03. The molecule has 0 spiro atoms. The Hall–Kier alpha value is -1.92. The highest BCUT2D eigenvalue weighted by atomic mass is 35.5. The van der Waals surface area contributed by atoms with E-state index in [0.717, 1.165) is 10.4 Å². The number of benzene rings is 2. The van der Waals surface area contributed by atoms with Gasteiger partial charge in [0.25, 0.3) is 8.32 Å². The molecule has 1 fully saturated rings. The van der Waals surface area contributed by atoms with Gasteiger partial charge in [0, 0.05) is 6.92 Å². The van der Waals surface area contributed by atoms with E-state index in [2.05, 4.69) is 45.0 Å². The minimum absolute atomic E-state index is 0.0903. The zero-order valence-corrected chi connectivity index (χ0v) is 19.4. The summed E-state index contributed by atoms with van der Waals surface area (Å²) in [5, 5.41) is 2.59. The summed E-state index contributed by atoms with van der Waals surface area (Å²) in [6, 6.07) is 20.7. The number of fused-ring (bicyclic) bond motifs is 1. The number of esters is 1. The second-order valence-corrected chi connectivity index (χ2v) is 13.6. The normalized spacial score (nSPS) is 25.8. The van der Waals surface area contributed by atoms with Crippen molar-refractivity contribution in [3.05, 3.63) is 71.8 Å². The molecule has 1 heterocycles. The number of hydrogen-bond donors (Lipinski definition) is 0. The summed E-state index contributed by atoms with van der Waals surface area (Å²) < 4.78 is 18.6. The zero-order valence-electron chi connectivity index (χ0n) is 17.7. The van der Waals surface area contributed by atoms with Gasteiger partial charge >= 0.3 is 5.97 Å². The highest BCUT2D eigenvalue weighted by Gasteiger charge is 2.59. The molecule has 0 N–H and O–H groups in total. The minimum atomic E-state index is -2.83. The molecule has 0 unspecified atom stereocenters. The van der Waals surface area contributed by atoms with Crippen LogP contribution in [0.3, 0.4) is 0 Å². The first kappa shape index (κ1) is 21.3. The molecule has 4 nitrogen and oxygen atoms in total. The monoisotopic (exact) mass is 442 g/mol. The van der Waals surface area contributed by atoms with Crippen LogP contribution in [0.5, 0.6) is 0 Å². The average molecular weight is 443 g/mol. The van der Waals surface area contributed by atoms with Crippen molar-refractivity contribution in [1.29, 1.82) is 0 Å². The van der Waals surface area contributed by atoms with Crippen molar-refractivity contribution < 1.29 is 18.7 Å². The fourth-order valence-electron chi connectivity index (χ4n) is 4.44. The molecule has 0 amide bonds. The van der Waals surface area contributed by atoms with E-state index in [1.165, 1.54) is 6.92 Å². The maximum absolute atomic E-state index is 11.8. The van der Waals surface area contributed by atoms with Gasteiger partial charge in [-0.2, -0.15) is 0 Å². The highest BCUT2D eigenvalue weighted by molar-refractivity contribution is 6.99. The fourth-order valence-corrected chi connectivity index (χ4v) is 9.42. The van der Waals surface area contributed by atoms with E-state index in [4.69, 9.17) is 25.5 Å². The van der Waals surface area contributed by atoms with Crippen LogP contribution in [0.25, 0.3) is 0 Å². The Morgan fingerprint density at radius 3 is 2.00 bits per heavy atom. The summed E-state index contributed by atoms with van der Waals surface area (Å²) in [5.41, 5.74) is 0. The van der Waals surface area contributed by atoms with Crippen LogP contribution in [-0.2, 0) is 18.7 Å². The maximum atomic E-state index is 11.8. The van der Waals surface area contributed by atoms with Gasteiger partial charge in [-0.25, -0.2) is 0 Å². The van der Waals surface area contributed by atoms with Gasteiger partial charge in [-0.1, -0.05) is 93.0 Å². The molecule has 6 heteroatoms. The molecule has 2 aliphatic rings. The van der Waals surface area contributed by atoms with Crippen molar-refractivity contribution >= 4 is 36.3 Å². The number of carbonyl (C=O) groups is 1. The number of hydrogen-bond acceptors (Lipinski definition) is 4. The first-order valence-corrected chi connectivity index (χ1v) is 12.5. The molecule has 1 saturated heterocycles. The van der Waals surface area contributed by atoms with Crippen LogP contribution in [0.4, 0.5) is 0 Å². The quantitative estimate of drug-likeness (QED) is 0.402. The van der Waals surface area contributed by atoms with Crippen molar-refractivity contribution in [3.8, 4) is 0 Å². The van der Waals surface area contributed by atoms with Crippen LogP contribution in [0, 0.1) is 0 Å². The van der Waals surface area contributed by atoms with E-state index in [1.54, 1.807) is 0 Å². The predicted molar refractivity (Wildman–Crippen MR) is 121 cm³/mol. The molecule has 1 aliphatic carbocycles. The Bertz CT molecular complexity index is 899. The van der Waals surface area contributed by atoms with Crippen molar-refractivity contribution in [2.75, 3.05) is 0 Å². The van der Waals surface area contributed by atoms with Crippen LogP contribution >= 0.6 is 11.6 Å². The SMILES string of the molecule is CC(=O)O[C@@H]1C(Cl)=C[C@@H]2O[C@@H]2[C@@H]1O[Si](c1ccccc1)(c1ccccc1)C(C)(C)C. The summed E-state index contributed by atoms with van der Waals surface area (Å²) in [4.78, 5) is 11.8. The number of epoxide rings is 1. The van der Waals surface area contributed by atoms with E-state index in [0.29, 0.717) is 5.03 Å². The molecule has 0 radical (unpaired) electrons. The molecular formula is C24H27ClO4Si. The van der Waals surface area contributed by atoms with Gasteiger partial charge in [0.15, 0.2) is 6.10 Å². The molecule has 0 aromatic heterocycles. The highest BCUT2D eigenvalue weighted by Crippen LogP contribution is 2.45. The van der Waals surface area contributed by atoms with Crippen molar-refractivity contribution in [1.82, 2.24) is 0 Å². The van der Waals surface area contributed by atoms with Crippen LogP contribution in [0.1, 0.15) is 27.7 Å². The molecule has 0 saturated carbocycles. The van der Waals surface area contributed by atoms with Gasteiger partial charge in [-0.3, -0.25) is 4.79 Å². The lowest BCUT2D eigenvalue weighted by Gasteiger charge is -2.46. The van der Waals surface area contributed by atoms with Gasteiger partial charge in [-0.05, 0) is 21.5 Å². The average Bonchev–Trinajstić information content (AvgIpc) is 3.47. The van der Waals surface area contributed by atoms with E-state index in [9.17, 15) is 4.79 Å². The zero-order chi connectivity index (χ0) is 21.5. The predicted octanol–water partition coefficient (Wildman–Crippen LogP) is 3.77. The molecule has 2 aromatic rings. The number of rotatable bonds is 5. The lowest BCUT2D eigenvalue weighted by molar-refractivity contribution is -0.149. The lowest BCUT2D eigenvalue weighted by atomic mass is 10.0. The third-order valence-electron chi connectivity index (χ3n) is 5.80. The molecule has 4 rings (SSSR count). The second-order valence-electron chi connectivity index (χ2n) is 8.89. The van der Waals surface area contributed by atoms with Crippen LogP contribution < -0.4 is 10.4 Å². The maximum Gasteiger partial charge on any atom is 0.303 e. The number of ether oxygens (including phenoxy) is 2. The van der Waals surface area contributed by atoms with Gasteiger partial charge in [0.1, 0.15) is 18.3 Å². The summed E-state index contributed by atoms with van der Waals surface area (Å²) in [7, 11) is -2.83. The molecule has 2 aromatic carbocycles. The first-order valence-electron chi connectivity index (χ1n) is 10.2. The Labute approximate surface area is 183 Å². The van der Waals surface area contributed by atoms with Crippen LogP contribution in [0.2, 0.25) is 5.04 Å².